The highest BCUT2D eigenvalue weighted by atomic mass is 32.2. The van der Waals surface area contributed by atoms with E-state index >= 15 is 0 Å². The van der Waals surface area contributed by atoms with Gasteiger partial charge in [-0.2, -0.15) is 0 Å². The number of nitrogens with one attached hydrogen (secondary N) is 1. The lowest BCUT2D eigenvalue weighted by atomic mass is 10.1. The lowest BCUT2D eigenvalue weighted by molar-refractivity contribution is -0.121. The number of fused-ring (bicyclic) bond motifs is 1. The van der Waals surface area contributed by atoms with Gasteiger partial charge in [0.2, 0.25) is 5.91 Å². The fourth-order valence-electron chi connectivity index (χ4n) is 4.25. The summed E-state index contributed by atoms with van der Waals surface area (Å²) in [6, 6.07) is 5.42. The van der Waals surface area contributed by atoms with Crippen molar-refractivity contribution >= 4 is 29.9 Å². The standard InChI is InChI=1S/C26H41N3O3S/c1-4-28(5-2)16-10-8-6-7-9-11-17-33-23-13-14-24-21(18-23)19-29(26(24)32)22(20-30)12-15-25(31)27-3/h13-14,18,20,22H,4-12,15-17,19H2,1-3H3,(H,27,31). The van der Waals surface area contributed by atoms with Crippen LogP contribution in [0.5, 0.6) is 0 Å². The van der Waals surface area contributed by atoms with E-state index in [9.17, 15) is 14.4 Å². The van der Waals surface area contributed by atoms with Gasteiger partial charge in [-0.25, -0.2) is 0 Å². The van der Waals surface area contributed by atoms with Crippen LogP contribution in [0.3, 0.4) is 0 Å². The van der Waals surface area contributed by atoms with Gasteiger partial charge in [0.25, 0.3) is 5.91 Å². The van der Waals surface area contributed by atoms with Gasteiger partial charge in [0, 0.05) is 30.5 Å². The third-order valence-electron chi connectivity index (χ3n) is 6.44. The minimum absolute atomic E-state index is 0.114. The zero-order valence-electron chi connectivity index (χ0n) is 20.6. The Hall–Kier alpha value is -1.86. The first-order chi connectivity index (χ1) is 16.0. The van der Waals surface area contributed by atoms with Gasteiger partial charge >= 0.3 is 0 Å². The maximum absolute atomic E-state index is 12.8. The zero-order valence-corrected chi connectivity index (χ0v) is 21.4. The quantitative estimate of drug-likeness (QED) is 0.204. The number of aldehydes is 1. The molecule has 0 bridgehead atoms. The van der Waals surface area contributed by atoms with Gasteiger partial charge in [-0.15, -0.1) is 11.8 Å². The molecule has 1 heterocycles. The zero-order chi connectivity index (χ0) is 24.1. The predicted molar refractivity (Wildman–Crippen MR) is 136 cm³/mol. The average Bonchev–Trinajstić information content (AvgIpc) is 3.16. The van der Waals surface area contributed by atoms with Crippen molar-refractivity contribution in [2.24, 2.45) is 0 Å². The second-order valence-electron chi connectivity index (χ2n) is 8.66. The van der Waals surface area contributed by atoms with Crippen molar-refractivity contribution in [1.29, 1.82) is 0 Å². The van der Waals surface area contributed by atoms with Crippen LogP contribution in [0, 0.1) is 0 Å². The van der Waals surface area contributed by atoms with Crippen molar-refractivity contribution in [2.75, 3.05) is 32.4 Å². The van der Waals surface area contributed by atoms with E-state index in [2.05, 4.69) is 30.1 Å². The number of rotatable bonds is 17. The van der Waals surface area contributed by atoms with E-state index in [1.54, 1.807) is 11.9 Å². The molecule has 0 spiro atoms. The van der Waals surface area contributed by atoms with Crippen LogP contribution in [0.25, 0.3) is 0 Å². The number of hydrogen-bond donors (Lipinski definition) is 1. The highest BCUT2D eigenvalue weighted by molar-refractivity contribution is 7.99. The monoisotopic (exact) mass is 475 g/mol. The Morgan fingerprint density at radius 1 is 1.15 bits per heavy atom. The Morgan fingerprint density at radius 3 is 2.52 bits per heavy atom. The smallest absolute Gasteiger partial charge is 0.255 e. The fraction of sp³-hybridized carbons (Fsp3) is 0.654. The molecule has 2 rings (SSSR count). The molecule has 0 saturated heterocycles. The van der Waals surface area contributed by atoms with Crippen molar-refractivity contribution in [3.05, 3.63) is 29.3 Å². The Kier molecular flexibility index (Phi) is 12.5. The van der Waals surface area contributed by atoms with Gasteiger partial charge in [-0.3, -0.25) is 9.59 Å². The van der Waals surface area contributed by atoms with Crippen LogP contribution in [0.15, 0.2) is 23.1 Å². The topological polar surface area (TPSA) is 69.7 Å². The molecule has 0 radical (unpaired) electrons. The molecule has 2 amide bonds. The molecule has 1 atom stereocenters. The van der Waals surface area contributed by atoms with E-state index in [1.807, 2.05) is 23.9 Å². The molecule has 0 saturated carbocycles. The molecule has 7 heteroatoms. The van der Waals surface area contributed by atoms with Crippen LogP contribution in [0.4, 0.5) is 0 Å². The number of unbranched alkanes of at least 4 members (excludes halogenated alkanes) is 5. The van der Waals surface area contributed by atoms with E-state index in [1.165, 1.54) is 50.0 Å². The number of carbonyl (C=O) groups excluding carboxylic acids is 3. The molecule has 6 nitrogen and oxygen atoms in total. The van der Waals surface area contributed by atoms with E-state index in [0.29, 0.717) is 18.5 Å². The molecule has 0 fully saturated rings. The molecule has 0 aliphatic carbocycles. The van der Waals surface area contributed by atoms with Crippen LogP contribution >= 0.6 is 11.8 Å². The Balaban J connectivity index is 1.70. The lowest BCUT2D eigenvalue weighted by Crippen LogP contribution is -2.37. The maximum atomic E-state index is 12.8. The summed E-state index contributed by atoms with van der Waals surface area (Å²) in [7, 11) is 1.57. The van der Waals surface area contributed by atoms with Gasteiger partial charge in [0.05, 0.1) is 6.04 Å². The van der Waals surface area contributed by atoms with E-state index in [0.717, 1.165) is 30.7 Å². The predicted octanol–water partition coefficient (Wildman–Crippen LogP) is 4.51. The largest absolute Gasteiger partial charge is 0.359 e. The number of nitrogens with zero attached hydrogens (tertiary/aromatic N) is 2. The summed E-state index contributed by atoms with van der Waals surface area (Å²) in [6.07, 6.45) is 9.08. The minimum atomic E-state index is -0.565. The Labute approximate surface area is 203 Å². The summed E-state index contributed by atoms with van der Waals surface area (Å²) in [5, 5.41) is 2.56. The summed E-state index contributed by atoms with van der Waals surface area (Å²) in [5.41, 5.74) is 1.65. The first-order valence-electron chi connectivity index (χ1n) is 12.5. The van der Waals surface area contributed by atoms with Gasteiger partial charge in [-0.05, 0) is 68.4 Å². The summed E-state index contributed by atoms with van der Waals surface area (Å²) in [5.74, 6) is 0.847. The van der Waals surface area contributed by atoms with Crippen LogP contribution in [0.2, 0.25) is 0 Å². The van der Waals surface area contributed by atoms with Crippen LogP contribution in [0.1, 0.15) is 81.1 Å². The van der Waals surface area contributed by atoms with E-state index < -0.39 is 6.04 Å². The molecule has 1 aliphatic rings. The van der Waals surface area contributed by atoms with Crippen molar-refractivity contribution in [3.63, 3.8) is 0 Å². The molecule has 184 valence electrons. The first kappa shape index (κ1) is 27.4. The van der Waals surface area contributed by atoms with Crippen LogP contribution in [-0.4, -0.2) is 66.4 Å². The second-order valence-corrected chi connectivity index (χ2v) is 9.83. The molecule has 1 aliphatic heterocycles. The van der Waals surface area contributed by atoms with E-state index in [4.69, 9.17) is 0 Å². The van der Waals surface area contributed by atoms with Gasteiger partial charge in [0.1, 0.15) is 6.29 Å². The summed E-state index contributed by atoms with van der Waals surface area (Å²) >= 11 is 1.84. The molecule has 1 aromatic carbocycles. The molecule has 1 N–H and O–H groups in total. The van der Waals surface area contributed by atoms with Gasteiger partial charge < -0.3 is 19.9 Å². The van der Waals surface area contributed by atoms with Crippen molar-refractivity contribution in [1.82, 2.24) is 15.1 Å². The van der Waals surface area contributed by atoms with Gasteiger partial charge in [0.15, 0.2) is 0 Å². The van der Waals surface area contributed by atoms with E-state index in [-0.39, 0.29) is 18.2 Å². The highest BCUT2D eigenvalue weighted by Crippen LogP contribution is 2.30. The molecular weight excluding hydrogens is 434 g/mol. The highest BCUT2D eigenvalue weighted by Gasteiger charge is 2.32. The molecule has 33 heavy (non-hydrogen) atoms. The minimum Gasteiger partial charge on any atom is -0.359 e. The molecule has 1 aromatic rings. The van der Waals surface area contributed by atoms with Crippen molar-refractivity contribution < 1.29 is 14.4 Å². The van der Waals surface area contributed by atoms with Gasteiger partial charge in [-0.1, -0.05) is 39.5 Å². The number of benzene rings is 1. The summed E-state index contributed by atoms with van der Waals surface area (Å²) in [4.78, 5) is 41.1. The molecule has 0 aromatic heterocycles. The number of amides is 2. The first-order valence-corrected chi connectivity index (χ1v) is 13.5. The Bertz CT molecular complexity index is 767. The third kappa shape index (κ3) is 8.78. The fourth-order valence-corrected chi connectivity index (χ4v) is 5.23. The van der Waals surface area contributed by atoms with Crippen molar-refractivity contribution in [3.8, 4) is 0 Å². The van der Waals surface area contributed by atoms with Crippen LogP contribution < -0.4 is 5.32 Å². The Morgan fingerprint density at radius 2 is 1.85 bits per heavy atom. The van der Waals surface area contributed by atoms with Crippen molar-refractivity contribution in [2.45, 2.75) is 82.7 Å². The second kappa shape index (κ2) is 15.1. The summed E-state index contributed by atoms with van der Waals surface area (Å²) < 4.78 is 0. The number of carbonyl (C=O) groups is 3. The summed E-state index contributed by atoms with van der Waals surface area (Å²) in [6.45, 7) is 8.42. The number of thioether (sulfide) groups is 1. The maximum Gasteiger partial charge on any atom is 0.255 e. The SMILES string of the molecule is CCN(CC)CCCCCCCCSc1ccc2c(c1)CN(C(C=O)CCC(=O)NC)C2=O. The average molecular weight is 476 g/mol. The third-order valence-corrected chi connectivity index (χ3v) is 7.52. The lowest BCUT2D eigenvalue weighted by Gasteiger charge is -2.22. The van der Waals surface area contributed by atoms with Crippen LogP contribution in [-0.2, 0) is 16.1 Å². The number of hydrogen-bond acceptors (Lipinski definition) is 5. The molecule has 1 unspecified atom stereocenters. The normalized spacial score (nSPS) is 13.9. The molecular formula is C26H41N3O3S.